The van der Waals surface area contributed by atoms with Gasteiger partial charge in [0.25, 0.3) is 5.91 Å². The molecule has 0 unspecified atom stereocenters. The maximum atomic E-state index is 12.2. The summed E-state index contributed by atoms with van der Waals surface area (Å²) in [6.45, 7) is 0. The molecule has 0 saturated heterocycles. The van der Waals surface area contributed by atoms with Crippen molar-refractivity contribution < 1.29 is 9.59 Å². The van der Waals surface area contributed by atoms with Crippen molar-refractivity contribution in [2.24, 2.45) is 5.73 Å². The van der Waals surface area contributed by atoms with Crippen LogP contribution in [0.2, 0.25) is 0 Å². The highest BCUT2D eigenvalue weighted by Crippen LogP contribution is 2.18. The number of pyridine rings is 1. The Labute approximate surface area is 127 Å². The zero-order valence-corrected chi connectivity index (χ0v) is 12.3. The van der Waals surface area contributed by atoms with Gasteiger partial charge in [-0.2, -0.15) is 0 Å². The summed E-state index contributed by atoms with van der Waals surface area (Å²) in [6, 6.07) is 10.5. The van der Waals surface area contributed by atoms with Crippen LogP contribution in [-0.2, 0) is 11.2 Å². The highest BCUT2D eigenvalue weighted by Gasteiger charge is 2.11. The Morgan fingerprint density at radius 1 is 1.24 bits per heavy atom. The number of hydrogen-bond donors (Lipinski definition) is 2. The molecule has 1 aromatic carbocycles. The van der Waals surface area contributed by atoms with Gasteiger partial charge in [0, 0.05) is 11.9 Å². The van der Waals surface area contributed by atoms with Gasteiger partial charge in [-0.3, -0.25) is 9.59 Å². The molecule has 0 bridgehead atoms. The van der Waals surface area contributed by atoms with E-state index in [2.05, 4.69) is 10.3 Å². The van der Waals surface area contributed by atoms with Crippen LogP contribution in [0.4, 0.5) is 5.69 Å². The second kappa shape index (κ2) is 6.90. The molecule has 0 spiro atoms. The van der Waals surface area contributed by atoms with Crippen molar-refractivity contribution in [3.05, 3.63) is 53.7 Å². The van der Waals surface area contributed by atoms with E-state index in [1.54, 1.807) is 42.6 Å². The normalized spacial score (nSPS) is 10.1. The van der Waals surface area contributed by atoms with Crippen molar-refractivity contribution in [3.8, 4) is 0 Å². The van der Waals surface area contributed by atoms with Gasteiger partial charge in [-0.05, 0) is 36.1 Å². The van der Waals surface area contributed by atoms with Crippen molar-refractivity contribution in [2.45, 2.75) is 11.4 Å². The van der Waals surface area contributed by atoms with E-state index in [9.17, 15) is 9.59 Å². The van der Waals surface area contributed by atoms with Gasteiger partial charge < -0.3 is 11.1 Å². The highest BCUT2D eigenvalue weighted by molar-refractivity contribution is 7.98. The Kier molecular flexibility index (Phi) is 4.94. The molecule has 1 heterocycles. The first-order valence-electron chi connectivity index (χ1n) is 6.27. The molecule has 0 atom stereocenters. The number of aromatic nitrogens is 1. The lowest BCUT2D eigenvalue weighted by molar-refractivity contribution is -0.117. The number of thioether (sulfide) groups is 1. The van der Waals surface area contributed by atoms with Gasteiger partial charge >= 0.3 is 0 Å². The number of amides is 2. The zero-order chi connectivity index (χ0) is 15.2. The fraction of sp³-hybridized carbons (Fsp3) is 0.133. The molecule has 0 aliphatic heterocycles. The van der Waals surface area contributed by atoms with Crippen LogP contribution in [0.3, 0.4) is 0 Å². The quantitative estimate of drug-likeness (QED) is 0.828. The van der Waals surface area contributed by atoms with E-state index >= 15 is 0 Å². The van der Waals surface area contributed by atoms with E-state index in [1.165, 1.54) is 11.8 Å². The first-order chi connectivity index (χ1) is 10.1. The molecular weight excluding hydrogens is 286 g/mol. The third kappa shape index (κ3) is 4.06. The smallest absolute Gasteiger partial charge is 0.258 e. The minimum atomic E-state index is -0.383. The SMILES string of the molecule is CSc1ncccc1C(=O)Nc1ccc(CC(N)=O)cc1. The summed E-state index contributed by atoms with van der Waals surface area (Å²) < 4.78 is 0. The second-order valence-electron chi connectivity index (χ2n) is 4.35. The molecule has 0 aliphatic rings. The van der Waals surface area contributed by atoms with Gasteiger partial charge in [-0.1, -0.05) is 12.1 Å². The number of primary amides is 1. The lowest BCUT2D eigenvalue weighted by atomic mass is 10.1. The van der Waals surface area contributed by atoms with Crippen LogP contribution in [0, 0.1) is 0 Å². The second-order valence-corrected chi connectivity index (χ2v) is 5.15. The topological polar surface area (TPSA) is 85.1 Å². The summed E-state index contributed by atoms with van der Waals surface area (Å²) in [5.74, 6) is -0.596. The number of carbonyl (C=O) groups is 2. The third-order valence-corrected chi connectivity index (χ3v) is 3.51. The Morgan fingerprint density at radius 3 is 2.57 bits per heavy atom. The molecule has 1 aromatic heterocycles. The van der Waals surface area contributed by atoms with Crippen LogP contribution in [0.25, 0.3) is 0 Å². The number of nitrogens with one attached hydrogen (secondary N) is 1. The van der Waals surface area contributed by atoms with Gasteiger partial charge in [0.05, 0.1) is 12.0 Å². The summed E-state index contributed by atoms with van der Waals surface area (Å²) >= 11 is 1.42. The standard InChI is InChI=1S/C15H15N3O2S/c1-21-15-12(3-2-8-17-15)14(20)18-11-6-4-10(5-7-11)9-13(16)19/h2-8H,9H2,1H3,(H2,16,19)(H,18,20). The molecule has 21 heavy (non-hydrogen) atoms. The van der Waals surface area contributed by atoms with Gasteiger partial charge in [-0.15, -0.1) is 11.8 Å². The van der Waals surface area contributed by atoms with E-state index < -0.39 is 0 Å². The summed E-state index contributed by atoms with van der Waals surface area (Å²) in [6.07, 6.45) is 3.71. The monoisotopic (exact) mass is 301 g/mol. The van der Waals surface area contributed by atoms with Crippen LogP contribution in [0.5, 0.6) is 0 Å². The molecule has 0 aliphatic carbocycles. The lowest BCUT2D eigenvalue weighted by Gasteiger charge is -2.08. The molecule has 0 radical (unpaired) electrons. The maximum Gasteiger partial charge on any atom is 0.258 e. The van der Waals surface area contributed by atoms with Crippen LogP contribution in [0.1, 0.15) is 15.9 Å². The van der Waals surface area contributed by atoms with Gasteiger partial charge in [0.15, 0.2) is 0 Å². The van der Waals surface area contributed by atoms with Crippen molar-refractivity contribution in [1.82, 2.24) is 4.98 Å². The van der Waals surface area contributed by atoms with Crippen LogP contribution in [-0.4, -0.2) is 23.1 Å². The molecular formula is C15H15N3O2S. The first kappa shape index (κ1) is 15.1. The fourth-order valence-corrected chi connectivity index (χ4v) is 2.38. The molecule has 2 amide bonds. The van der Waals surface area contributed by atoms with Crippen molar-refractivity contribution in [3.63, 3.8) is 0 Å². The average Bonchev–Trinajstić information content (AvgIpc) is 2.48. The molecule has 108 valence electrons. The summed E-state index contributed by atoms with van der Waals surface area (Å²) in [5.41, 5.74) is 7.14. The van der Waals surface area contributed by atoms with Gasteiger partial charge in [0.1, 0.15) is 5.03 Å². The first-order valence-corrected chi connectivity index (χ1v) is 7.50. The van der Waals surface area contributed by atoms with Crippen molar-refractivity contribution in [1.29, 1.82) is 0 Å². The molecule has 0 saturated carbocycles. The Bertz CT molecular complexity index is 656. The van der Waals surface area contributed by atoms with E-state index in [1.807, 2.05) is 6.26 Å². The Morgan fingerprint density at radius 2 is 1.95 bits per heavy atom. The number of nitrogens with zero attached hydrogens (tertiary/aromatic N) is 1. The van der Waals surface area contributed by atoms with Crippen molar-refractivity contribution >= 4 is 29.3 Å². The van der Waals surface area contributed by atoms with Crippen LogP contribution < -0.4 is 11.1 Å². The molecule has 0 fully saturated rings. The number of rotatable bonds is 5. The van der Waals surface area contributed by atoms with Crippen LogP contribution in [0.15, 0.2) is 47.6 Å². The third-order valence-electron chi connectivity index (χ3n) is 2.80. The Hall–Kier alpha value is -2.34. The maximum absolute atomic E-state index is 12.2. The lowest BCUT2D eigenvalue weighted by Crippen LogP contribution is -2.14. The molecule has 6 heteroatoms. The number of carbonyl (C=O) groups excluding carboxylic acids is 2. The predicted molar refractivity (Wildman–Crippen MR) is 83.3 cm³/mol. The minimum absolute atomic E-state index is 0.188. The van der Waals surface area contributed by atoms with E-state index in [0.29, 0.717) is 16.3 Å². The summed E-state index contributed by atoms with van der Waals surface area (Å²) in [7, 11) is 0. The fourth-order valence-electron chi connectivity index (χ4n) is 1.83. The minimum Gasteiger partial charge on any atom is -0.369 e. The number of benzene rings is 1. The van der Waals surface area contributed by atoms with Crippen LogP contribution >= 0.6 is 11.8 Å². The number of nitrogens with two attached hydrogens (primary N) is 1. The summed E-state index contributed by atoms with van der Waals surface area (Å²) in [5, 5.41) is 3.49. The van der Waals surface area contributed by atoms with Gasteiger partial charge in [0.2, 0.25) is 5.91 Å². The van der Waals surface area contributed by atoms with E-state index in [-0.39, 0.29) is 18.2 Å². The van der Waals surface area contributed by atoms with E-state index in [0.717, 1.165) is 5.56 Å². The van der Waals surface area contributed by atoms with E-state index in [4.69, 9.17) is 5.73 Å². The molecule has 3 N–H and O–H groups in total. The molecule has 2 rings (SSSR count). The zero-order valence-electron chi connectivity index (χ0n) is 11.5. The molecule has 2 aromatic rings. The van der Waals surface area contributed by atoms with Crippen molar-refractivity contribution in [2.75, 3.05) is 11.6 Å². The number of hydrogen-bond acceptors (Lipinski definition) is 4. The molecule has 5 nitrogen and oxygen atoms in total. The Balaban J connectivity index is 2.10. The number of anilines is 1. The largest absolute Gasteiger partial charge is 0.369 e. The van der Waals surface area contributed by atoms with Gasteiger partial charge in [-0.25, -0.2) is 4.98 Å². The summed E-state index contributed by atoms with van der Waals surface area (Å²) in [4.78, 5) is 27.2. The predicted octanol–water partition coefficient (Wildman–Crippen LogP) is 2.08. The average molecular weight is 301 g/mol. The highest BCUT2D eigenvalue weighted by atomic mass is 32.2.